The Hall–Kier alpha value is 0.450. The first-order valence-corrected chi connectivity index (χ1v) is 10.2. The molecule has 1 aromatic rings. The largest absolute Gasteiger partial charge is 0.374 e. The summed E-state index contributed by atoms with van der Waals surface area (Å²) in [5.41, 5.74) is 1.49. The van der Waals surface area contributed by atoms with Gasteiger partial charge in [-0.15, -0.1) is 0 Å². The Morgan fingerprint density at radius 1 is 1.43 bits per heavy atom. The van der Waals surface area contributed by atoms with Crippen LogP contribution < -0.4 is 5.32 Å². The minimum absolute atomic E-state index is 0.140. The van der Waals surface area contributed by atoms with E-state index in [-0.39, 0.29) is 5.60 Å². The van der Waals surface area contributed by atoms with Crippen LogP contribution in [-0.4, -0.2) is 30.8 Å². The molecule has 2 aliphatic rings. The van der Waals surface area contributed by atoms with Crippen LogP contribution in [0.25, 0.3) is 0 Å². The summed E-state index contributed by atoms with van der Waals surface area (Å²) < 4.78 is 8.50. The van der Waals surface area contributed by atoms with E-state index in [9.17, 15) is 0 Å². The molecule has 1 N–H and O–H groups in total. The fourth-order valence-electron chi connectivity index (χ4n) is 3.61. The predicted molar refractivity (Wildman–Crippen MR) is 97.0 cm³/mol. The quantitative estimate of drug-likeness (QED) is 0.739. The van der Waals surface area contributed by atoms with Crippen LogP contribution >= 0.6 is 43.6 Å². The highest BCUT2D eigenvalue weighted by Gasteiger charge is 2.42. The third kappa shape index (κ3) is 3.52. The Morgan fingerprint density at radius 3 is 3.00 bits per heavy atom. The number of rotatable bonds is 3. The number of thioether (sulfide) groups is 1. The van der Waals surface area contributed by atoms with Crippen molar-refractivity contribution < 1.29 is 4.74 Å². The highest BCUT2D eigenvalue weighted by atomic mass is 79.9. The van der Waals surface area contributed by atoms with Crippen LogP contribution in [0.4, 0.5) is 0 Å². The van der Waals surface area contributed by atoms with E-state index in [2.05, 4.69) is 62.4 Å². The fourth-order valence-corrected chi connectivity index (χ4v) is 5.86. The van der Waals surface area contributed by atoms with Gasteiger partial charge in [0.1, 0.15) is 0 Å². The molecular formula is C16H21Br2NOS. The Balaban J connectivity index is 1.84. The molecule has 3 unspecified atom stereocenters. The molecule has 2 saturated heterocycles. The van der Waals surface area contributed by atoms with Crippen LogP contribution in [0.15, 0.2) is 27.1 Å². The van der Waals surface area contributed by atoms with Crippen molar-refractivity contribution in [3.63, 3.8) is 0 Å². The van der Waals surface area contributed by atoms with Gasteiger partial charge in [0.2, 0.25) is 0 Å². The van der Waals surface area contributed by atoms with Gasteiger partial charge >= 0.3 is 0 Å². The molecule has 2 aliphatic heterocycles. The molecule has 0 aromatic heterocycles. The molecule has 1 aromatic carbocycles. The summed E-state index contributed by atoms with van der Waals surface area (Å²) in [4.78, 5) is 0. The number of hydrogen-bond acceptors (Lipinski definition) is 3. The van der Waals surface area contributed by atoms with Gasteiger partial charge in [0.15, 0.2) is 0 Å². The lowest BCUT2D eigenvalue weighted by atomic mass is 9.79. The van der Waals surface area contributed by atoms with E-state index in [1.165, 1.54) is 34.4 Å². The van der Waals surface area contributed by atoms with Crippen molar-refractivity contribution in [1.29, 1.82) is 0 Å². The first-order chi connectivity index (χ1) is 10.1. The molecule has 5 heteroatoms. The molecule has 21 heavy (non-hydrogen) atoms. The minimum atomic E-state index is 0.140. The van der Waals surface area contributed by atoms with E-state index >= 15 is 0 Å². The van der Waals surface area contributed by atoms with E-state index in [4.69, 9.17) is 4.74 Å². The summed E-state index contributed by atoms with van der Waals surface area (Å²) in [6.07, 6.45) is 3.52. The molecule has 0 saturated carbocycles. The highest BCUT2D eigenvalue weighted by Crippen LogP contribution is 2.45. The molecule has 2 fully saturated rings. The first-order valence-electron chi connectivity index (χ1n) is 7.47. The molecule has 0 aliphatic carbocycles. The maximum atomic E-state index is 6.17. The summed E-state index contributed by atoms with van der Waals surface area (Å²) in [6.45, 7) is 0.898. The van der Waals surface area contributed by atoms with Gasteiger partial charge in [0, 0.05) is 27.3 Å². The number of halogens is 2. The van der Waals surface area contributed by atoms with Crippen molar-refractivity contribution >= 4 is 43.6 Å². The van der Waals surface area contributed by atoms with Crippen molar-refractivity contribution in [3.05, 3.63) is 32.7 Å². The van der Waals surface area contributed by atoms with Gasteiger partial charge < -0.3 is 10.1 Å². The van der Waals surface area contributed by atoms with Crippen molar-refractivity contribution in [3.8, 4) is 0 Å². The van der Waals surface area contributed by atoms with Gasteiger partial charge in [-0.3, -0.25) is 0 Å². The van der Waals surface area contributed by atoms with Crippen molar-refractivity contribution in [2.75, 3.05) is 25.2 Å². The first kappa shape index (κ1) is 16.3. The summed E-state index contributed by atoms with van der Waals surface area (Å²) in [7, 11) is 2.07. The average molecular weight is 435 g/mol. The lowest BCUT2D eigenvalue weighted by molar-refractivity contribution is -0.0851. The molecule has 2 heterocycles. The number of hydrogen-bond donors (Lipinski definition) is 1. The lowest BCUT2D eigenvalue weighted by Crippen LogP contribution is -2.43. The second-order valence-electron chi connectivity index (χ2n) is 6.02. The summed E-state index contributed by atoms with van der Waals surface area (Å²) in [5, 5.41) is 3.55. The van der Waals surface area contributed by atoms with Gasteiger partial charge in [-0.1, -0.05) is 31.9 Å². The monoisotopic (exact) mass is 433 g/mol. The van der Waals surface area contributed by atoms with Crippen molar-refractivity contribution in [2.24, 2.45) is 5.92 Å². The topological polar surface area (TPSA) is 21.3 Å². The Morgan fingerprint density at radius 2 is 2.29 bits per heavy atom. The lowest BCUT2D eigenvalue weighted by Gasteiger charge is -2.41. The van der Waals surface area contributed by atoms with Crippen molar-refractivity contribution in [2.45, 2.75) is 30.9 Å². The van der Waals surface area contributed by atoms with Crippen LogP contribution in [-0.2, 0) is 4.74 Å². The molecule has 1 spiro atoms. The van der Waals surface area contributed by atoms with E-state index in [0.29, 0.717) is 12.0 Å². The van der Waals surface area contributed by atoms with Gasteiger partial charge in [0.25, 0.3) is 0 Å². The zero-order valence-electron chi connectivity index (χ0n) is 12.2. The summed E-state index contributed by atoms with van der Waals surface area (Å²) >= 11 is 9.36. The van der Waals surface area contributed by atoms with Gasteiger partial charge in [0.05, 0.1) is 5.60 Å². The summed E-state index contributed by atoms with van der Waals surface area (Å²) in [6, 6.07) is 6.82. The molecule has 0 amide bonds. The van der Waals surface area contributed by atoms with Crippen LogP contribution in [0.3, 0.4) is 0 Å². The van der Waals surface area contributed by atoms with E-state index in [1.54, 1.807) is 0 Å². The maximum absolute atomic E-state index is 6.17. The van der Waals surface area contributed by atoms with Crippen LogP contribution in [0, 0.1) is 5.92 Å². The normalized spacial score (nSPS) is 30.7. The Bertz CT molecular complexity index is 505. The number of ether oxygens (including phenoxy) is 1. The van der Waals surface area contributed by atoms with E-state index in [0.717, 1.165) is 17.5 Å². The van der Waals surface area contributed by atoms with Crippen LogP contribution in [0.5, 0.6) is 0 Å². The smallest absolute Gasteiger partial charge is 0.0783 e. The average Bonchev–Trinajstić information content (AvgIpc) is 2.91. The second kappa shape index (κ2) is 6.91. The third-order valence-corrected chi connectivity index (χ3v) is 7.11. The predicted octanol–water partition coefficient (Wildman–Crippen LogP) is 4.77. The Labute approximate surface area is 148 Å². The third-order valence-electron chi connectivity index (χ3n) is 4.67. The van der Waals surface area contributed by atoms with Crippen LogP contribution in [0.1, 0.15) is 30.9 Å². The van der Waals surface area contributed by atoms with Crippen LogP contribution in [0.2, 0.25) is 0 Å². The molecule has 3 atom stereocenters. The van der Waals surface area contributed by atoms with Gasteiger partial charge in [-0.25, -0.2) is 0 Å². The summed E-state index contributed by atoms with van der Waals surface area (Å²) in [5.74, 6) is 3.05. The number of nitrogens with one attached hydrogen (secondary N) is 1. The molecule has 0 bridgehead atoms. The maximum Gasteiger partial charge on any atom is 0.0783 e. The molecular weight excluding hydrogens is 414 g/mol. The minimum Gasteiger partial charge on any atom is -0.374 e. The van der Waals surface area contributed by atoms with Gasteiger partial charge in [-0.2, -0.15) is 11.8 Å². The van der Waals surface area contributed by atoms with E-state index in [1.807, 2.05) is 11.8 Å². The molecule has 116 valence electrons. The SMILES string of the molecule is CNC(c1cc(Br)ccc1Br)C1CCOC2(CCSC2)C1. The number of benzene rings is 1. The zero-order valence-corrected chi connectivity index (χ0v) is 16.2. The molecule has 2 nitrogen and oxygen atoms in total. The molecule has 3 rings (SSSR count). The van der Waals surface area contributed by atoms with E-state index < -0.39 is 0 Å². The second-order valence-corrected chi connectivity index (χ2v) is 8.89. The van der Waals surface area contributed by atoms with Crippen molar-refractivity contribution in [1.82, 2.24) is 5.32 Å². The fraction of sp³-hybridized carbons (Fsp3) is 0.625. The standard InChI is InChI=1S/C16H21Br2NOS/c1-19-15(13-8-12(17)2-3-14(13)18)11-4-6-20-16(9-11)5-7-21-10-16/h2-3,8,11,15,19H,4-7,9-10H2,1H3. The molecule has 0 radical (unpaired) electrons. The Kier molecular flexibility index (Phi) is 5.37. The van der Waals surface area contributed by atoms with Gasteiger partial charge in [-0.05, 0) is 61.7 Å². The highest BCUT2D eigenvalue weighted by molar-refractivity contribution is 9.11. The zero-order chi connectivity index (χ0) is 14.9.